The molecule has 1 rings (SSSR count). The maximum Gasteiger partial charge on any atom is 0.239 e. The van der Waals surface area contributed by atoms with Gasteiger partial charge in [-0.25, -0.2) is 0 Å². The molecule has 100 valence electrons. The van der Waals surface area contributed by atoms with E-state index in [9.17, 15) is 4.79 Å². The Morgan fingerprint density at radius 3 is 2.72 bits per heavy atom. The fourth-order valence-electron chi connectivity index (χ4n) is 1.41. The van der Waals surface area contributed by atoms with Gasteiger partial charge < -0.3 is 15.4 Å². The second kappa shape index (κ2) is 7.46. The van der Waals surface area contributed by atoms with Gasteiger partial charge in [0.2, 0.25) is 5.91 Å². The van der Waals surface area contributed by atoms with E-state index in [-0.39, 0.29) is 18.5 Å². The lowest BCUT2D eigenvalue weighted by atomic mass is 10.3. The van der Waals surface area contributed by atoms with Crippen molar-refractivity contribution < 1.29 is 9.53 Å². The molecule has 1 aromatic rings. The Bertz CT molecular complexity index is 413. The highest BCUT2D eigenvalue weighted by molar-refractivity contribution is 6.42. The van der Waals surface area contributed by atoms with E-state index in [2.05, 4.69) is 10.6 Å². The number of halogens is 2. The van der Waals surface area contributed by atoms with Crippen LogP contribution in [0, 0.1) is 0 Å². The number of hydrogen-bond donors (Lipinski definition) is 2. The average molecular weight is 291 g/mol. The molecule has 4 nitrogen and oxygen atoms in total. The molecule has 0 radical (unpaired) electrons. The number of benzene rings is 1. The first-order chi connectivity index (χ1) is 8.52. The highest BCUT2D eigenvalue weighted by Gasteiger charge is 2.07. The maximum absolute atomic E-state index is 11.6. The standard InChI is InChI=1S/C12H16Cl2N2O2/c1-8(7-18-2)16-12(17)6-15-9-3-4-10(13)11(14)5-9/h3-5,8,15H,6-7H2,1-2H3,(H,16,17). The highest BCUT2D eigenvalue weighted by Crippen LogP contribution is 2.24. The van der Waals surface area contributed by atoms with Crippen LogP contribution >= 0.6 is 23.2 Å². The minimum atomic E-state index is -0.106. The van der Waals surface area contributed by atoms with Crippen LogP contribution in [0.5, 0.6) is 0 Å². The lowest BCUT2D eigenvalue weighted by molar-refractivity contribution is -0.120. The van der Waals surface area contributed by atoms with Gasteiger partial charge in [-0.15, -0.1) is 0 Å². The number of carbonyl (C=O) groups excluding carboxylic acids is 1. The van der Waals surface area contributed by atoms with Crippen LogP contribution in [0.15, 0.2) is 18.2 Å². The first-order valence-electron chi connectivity index (χ1n) is 5.50. The van der Waals surface area contributed by atoms with E-state index < -0.39 is 0 Å². The van der Waals surface area contributed by atoms with Crippen LogP contribution in [0.25, 0.3) is 0 Å². The molecule has 0 aliphatic rings. The summed E-state index contributed by atoms with van der Waals surface area (Å²) in [5.74, 6) is -0.106. The van der Waals surface area contributed by atoms with Crippen molar-refractivity contribution in [3.8, 4) is 0 Å². The summed E-state index contributed by atoms with van der Waals surface area (Å²) in [6, 6.07) is 5.10. The van der Waals surface area contributed by atoms with Crippen LogP contribution in [0.1, 0.15) is 6.92 Å². The van der Waals surface area contributed by atoms with E-state index in [1.807, 2.05) is 6.92 Å². The Morgan fingerprint density at radius 2 is 2.11 bits per heavy atom. The van der Waals surface area contributed by atoms with Crippen LogP contribution in [-0.2, 0) is 9.53 Å². The van der Waals surface area contributed by atoms with Crippen LogP contribution in [-0.4, -0.2) is 32.2 Å². The van der Waals surface area contributed by atoms with Crippen molar-refractivity contribution in [1.82, 2.24) is 5.32 Å². The molecule has 0 saturated heterocycles. The minimum Gasteiger partial charge on any atom is -0.383 e. The Kier molecular flexibility index (Phi) is 6.25. The number of ether oxygens (including phenoxy) is 1. The smallest absolute Gasteiger partial charge is 0.239 e. The zero-order chi connectivity index (χ0) is 13.5. The molecule has 1 atom stereocenters. The van der Waals surface area contributed by atoms with Crippen LogP contribution in [0.3, 0.4) is 0 Å². The third-order valence-electron chi connectivity index (χ3n) is 2.20. The summed E-state index contributed by atoms with van der Waals surface area (Å²) in [6.45, 7) is 2.53. The molecular formula is C12H16Cl2N2O2. The number of methoxy groups -OCH3 is 1. The summed E-state index contributed by atoms with van der Waals surface area (Å²) in [4.78, 5) is 11.6. The predicted octanol–water partition coefficient (Wildman–Crippen LogP) is 2.56. The number of rotatable bonds is 6. The van der Waals surface area contributed by atoms with Crippen molar-refractivity contribution in [1.29, 1.82) is 0 Å². The molecule has 1 unspecified atom stereocenters. The van der Waals surface area contributed by atoms with Gasteiger partial charge in [0.05, 0.1) is 23.2 Å². The molecule has 6 heteroatoms. The molecule has 1 aromatic carbocycles. The van der Waals surface area contributed by atoms with Gasteiger partial charge in [0.15, 0.2) is 0 Å². The monoisotopic (exact) mass is 290 g/mol. The fourth-order valence-corrected chi connectivity index (χ4v) is 1.70. The first kappa shape index (κ1) is 15.1. The molecule has 18 heavy (non-hydrogen) atoms. The van der Waals surface area contributed by atoms with Crippen LogP contribution in [0.4, 0.5) is 5.69 Å². The Balaban J connectivity index is 2.40. The largest absolute Gasteiger partial charge is 0.383 e. The van der Waals surface area contributed by atoms with Crippen molar-refractivity contribution in [2.45, 2.75) is 13.0 Å². The Hall–Kier alpha value is -0.970. The van der Waals surface area contributed by atoms with Crippen molar-refractivity contribution in [2.24, 2.45) is 0 Å². The van der Waals surface area contributed by atoms with Crippen LogP contribution < -0.4 is 10.6 Å². The summed E-state index contributed by atoms with van der Waals surface area (Å²) < 4.78 is 4.93. The topological polar surface area (TPSA) is 50.4 Å². The number of anilines is 1. The molecule has 0 aliphatic heterocycles. The van der Waals surface area contributed by atoms with E-state index >= 15 is 0 Å². The summed E-state index contributed by atoms with van der Waals surface area (Å²) in [7, 11) is 1.59. The second-order valence-electron chi connectivity index (χ2n) is 3.91. The van der Waals surface area contributed by atoms with Gasteiger partial charge in [-0.1, -0.05) is 23.2 Å². The Morgan fingerprint density at radius 1 is 1.39 bits per heavy atom. The van der Waals surface area contributed by atoms with Crippen molar-refractivity contribution in [3.63, 3.8) is 0 Å². The quantitative estimate of drug-likeness (QED) is 0.847. The van der Waals surface area contributed by atoms with Crippen molar-refractivity contribution in [2.75, 3.05) is 25.6 Å². The SMILES string of the molecule is COCC(C)NC(=O)CNc1ccc(Cl)c(Cl)c1. The molecule has 0 fully saturated rings. The number of amides is 1. The average Bonchev–Trinajstić information content (AvgIpc) is 2.31. The van der Waals surface area contributed by atoms with Crippen LogP contribution in [0.2, 0.25) is 10.0 Å². The molecular weight excluding hydrogens is 275 g/mol. The lowest BCUT2D eigenvalue weighted by Gasteiger charge is -2.13. The van der Waals surface area contributed by atoms with Gasteiger partial charge in [-0.05, 0) is 25.1 Å². The molecule has 1 amide bonds. The van der Waals surface area contributed by atoms with Gasteiger partial charge in [-0.2, -0.15) is 0 Å². The van der Waals surface area contributed by atoms with Gasteiger partial charge in [0, 0.05) is 18.8 Å². The van der Waals surface area contributed by atoms with E-state index in [4.69, 9.17) is 27.9 Å². The molecule has 0 saturated carbocycles. The number of hydrogen-bond acceptors (Lipinski definition) is 3. The van der Waals surface area contributed by atoms with Crippen molar-refractivity contribution in [3.05, 3.63) is 28.2 Å². The molecule has 0 aliphatic carbocycles. The van der Waals surface area contributed by atoms with E-state index in [0.29, 0.717) is 16.7 Å². The fraction of sp³-hybridized carbons (Fsp3) is 0.417. The summed E-state index contributed by atoms with van der Waals surface area (Å²) in [5.41, 5.74) is 0.749. The zero-order valence-electron chi connectivity index (χ0n) is 10.3. The van der Waals surface area contributed by atoms with E-state index in [1.165, 1.54) is 0 Å². The second-order valence-corrected chi connectivity index (χ2v) is 4.72. The predicted molar refractivity (Wildman–Crippen MR) is 74.4 cm³/mol. The zero-order valence-corrected chi connectivity index (χ0v) is 11.8. The lowest BCUT2D eigenvalue weighted by Crippen LogP contribution is -2.39. The third-order valence-corrected chi connectivity index (χ3v) is 2.94. The first-order valence-corrected chi connectivity index (χ1v) is 6.25. The number of nitrogens with one attached hydrogen (secondary N) is 2. The highest BCUT2D eigenvalue weighted by atomic mass is 35.5. The van der Waals surface area contributed by atoms with Gasteiger partial charge in [0.25, 0.3) is 0 Å². The normalized spacial score (nSPS) is 12.0. The minimum absolute atomic E-state index is 0.0156. The van der Waals surface area contributed by atoms with Gasteiger partial charge in [0.1, 0.15) is 0 Å². The Labute approximate surface area is 117 Å². The molecule has 0 aromatic heterocycles. The number of carbonyl (C=O) groups is 1. The summed E-state index contributed by atoms with van der Waals surface area (Å²) in [6.07, 6.45) is 0. The summed E-state index contributed by atoms with van der Waals surface area (Å²) in [5, 5.41) is 6.70. The summed E-state index contributed by atoms with van der Waals surface area (Å²) >= 11 is 11.7. The molecule has 0 heterocycles. The van der Waals surface area contributed by atoms with Gasteiger partial charge >= 0.3 is 0 Å². The molecule has 0 spiro atoms. The van der Waals surface area contributed by atoms with E-state index in [0.717, 1.165) is 5.69 Å². The molecule has 2 N–H and O–H groups in total. The van der Waals surface area contributed by atoms with E-state index in [1.54, 1.807) is 25.3 Å². The maximum atomic E-state index is 11.6. The molecule has 0 bridgehead atoms. The third kappa shape index (κ3) is 5.12. The van der Waals surface area contributed by atoms with Crippen molar-refractivity contribution >= 4 is 34.8 Å². The van der Waals surface area contributed by atoms with Gasteiger partial charge in [-0.3, -0.25) is 4.79 Å².